The second-order valence-electron chi connectivity index (χ2n) is 21.8. The molecule has 452 valence electrons. The largest absolute Gasteiger partial charge is 0.394 e. The summed E-state index contributed by atoms with van der Waals surface area (Å²) in [6.07, 6.45) is 48.2. The fourth-order valence-electron chi connectivity index (χ4n) is 9.91. The number of carbonyl (C=O) groups is 1. The topological polar surface area (TPSA) is 228 Å². The summed E-state index contributed by atoms with van der Waals surface area (Å²) in [6.45, 7) is 2.66. The highest BCUT2D eigenvalue weighted by atomic mass is 16.7. The van der Waals surface area contributed by atoms with E-state index in [-0.39, 0.29) is 18.9 Å². The van der Waals surface area contributed by atoms with E-state index in [9.17, 15) is 45.6 Å². The molecule has 2 aliphatic rings. The summed E-state index contributed by atoms with van der Waals surface area (Å²) in [4.78, 5) is 13.2. The normalized spacial score (nSPS) is 25.1. The summed E-state index contributed by atoms with van der Waals surface area (Å²) < 4.78 is 22.7. The average Bonchev–Trinajstić information content (AvgIpc) is 3.47. The summed E-state index contributed by atoms with van der Waals surface area (Å²) >= 11 is 0. The first-order valence-electron chi connectivity index (χ1n) is 31.2. The van der Waals surface area contributed by atoms with E-state index < -0.39 is 86.8 Å². The second kappa shape index (κ2) is 49.1. The van der Waals surface area contributed by atoms with Crippen LogP contribution in [0.15, 0.2) is 72.9 Å². The Morgan fingerprint density at radius 1 is 0.474 bits per heavy atom. The number of ether oxygens (including phenoxy) is 4. The van der Waals surface area contributed by atoms with Gasteiger partial charge in [0, 0.05) is 6.42 Å². The van der Waals surface area contributed by atoms with Gasteiger partial charge in [-0.25, -0.2) is 0 Å². The van der Waals surface area contributed by atoms with Crippen molar-refractivity contribution >= 4 is 5.91 Å². The Morgan fingerprint density at radius 2 is 0.885 bits per heavy atom. The van der Waals surface area contributed by atoms with Gasteiger partial charge in [-0.2, -0.15) is 0 Å². The van der Waals surface area contributed by atoms with Crippen LogP contribution in [0.5, 0.6) is 0 Å². The van der Waals surface area contributed by atoms with Crippen molar-refractivity contribution in [3.63, 3.8) is 0 Å². The maximum absolute atomic E-state index is 13.2. The van der Waals surface area contributed by atoms with Crippen molar-refractivity contribution in [3.8, 4) is 0 Å². The highest BCUT2D eigenvalue weighted by molar-refractivity contribution is 5.76. The zero-order valence-electron chi connectivity index (χ0n) is 48.6. The highest BCUT2D eigenvalue weighted by Gasteiger charge is 2.51. The second-order valence-corrected chi connectivity index (χ2v) is 21.8. The lowest BCUT2D eigenvalue weighted by Gasteiger charge is -2.46. The third kappa shape index (κ3) is 34.0. The van der Waals surface area contributed by atoms with Crippen LogP contribution < -0.4 is 5.32 Å². The van der Waals surface area contributed by atoms with Gasteiger partial charge in [0.2, 0.25) is 5.91 Å². The minimum atomic E-state index is -1.79. The average molecular weight is 1100 g/mol. The summed E-state index contributed by atoms with van der Waals surface area (Å²) in [5.74, 6) is -0.241. The Kier molecular flexibility index (Phi) is 45.0. The smallest absolute Gasteiger partial charge is 0.220 e. The van der Waals surface area contributed by atoms with E-state index in [1.807, 2.05) is 6.08 Å². The molecule has 2 aliphatic heterocycles. The summed E-state index contributed by atoms with van der Waals surface area (Å²) in [5.41, 5.74) is 0. The molecule has 2 heterocycles. The van der Waals surface area contributed by atoms with Crippen LogP contribution >= 0.6 is 0 Å². The molecule has 1 amide bonds. The molecule has 12 atom stereocenters. The lowest BCUT2D eigenvalue weighted by Crippen LogP contribution is -2.65. The SMILES string of the molecule is CC/C=C\C/C=C\C/C=C\C/C=C\C/C=C\CCCCCCCCCCCCCCCCCCCC(=O)NC(COC1OC(CO)C(OC2OC(CO)C(O)C(O)C2O)C(O)C1O)C(O)/C=C/CCCCCCCCCCC. The van der Waals surface area contributed by atoms with Gasteiger partial charge in [0.15, 0.2) is 12.6 Å². The molecule has 78 heavy (non-hydrogen) atoms. The molecule has 0 bridgehead atoms. The zero-order chi connectivity index (χ0) is 56.7. The third-order valence-electron chi connectivity index (χ3n) is 14.9. The van der Waals surface area contributed by atoms with Crippen molar-refractivity contribution in [1.82, 2.24) is 5.32 Å². The van der Waals surface area contributed by atoms with E-state index >= 15 is 0 Å². The number of hydrogen-bond donors (Lipinski definition) is 9. The zero-order valence-corrected chi connectivity index (χ0v) is 48.6. The lowest BCUT2D eigenvalue weighted by atomic mass is 9.97. The first kappa shape index (κ1) is 71.5. The van der Waals surface area contributed by atoms with Crippen LogP contribution in [0.25, 0.3) is 0 Å². The number of aliphatic hydroxyl groups excluding tert-OH is 8. The molecule has 0 saturated carbocycles. The van der Waals surface area contributed by atoms with Gasteiger partial charge in [-0.1, -0.05) is 234 Å². The Hall–Kier alpha value is -2.57. The summed E-state index contributed by atoms with van der Waals surface area (Å²) in [5, 5.41) is 87.0. The predicted octanol–water partition coefficient (Wildman–Crippen LogP) is 11.1. The van der Waals surface area contributed by atoms with Gasteiger partial charge in [0.1, 0.15) is 48.8 Å². The van der Waals surface area contributed by atoms with E-state index in [2.05, 4.69) is 79.9 Å². The van der Waals surface area contributed by atoms with Crippen molar-refractivity contribution in [2.45, 2.75) is 306 Å². The van der Waals surface area contributed by atoms with Gasteiger partial charge in [-0.15, -0.1) is 0 Å². The molecule has 9 N–H and O–H groups in total. The predicted molar refractivity (Wildman–Crippen MR) is 313 cm³/mol. The van der Waals surface area contributed by atoms with Crippen molar-refractivity contribution in [2.75, 3.05) is 19.8 Å². The van der Waals surface area contributed by atoms with E-state index in [1.54, 1.807) is 6.08 Å². The Bertz CT molecular complexity index is 1580. The van der Waals surface area contributed by atoms with Crippen LogP contribution in [0, 0.1) is 0 Å². The number of allylic oxidation sites excluding steroid dienone is 11. The highest BCUT2D eigenvalue weighted by Crippen LogP contribution is 2.30. The van der Waals surface area contributed by atoms with Crippen LogP contribution in [-0.2, 0) is 23.7 Å². The van der Waals surface area contributed by atoms with Gasteiger partial charge in [-0.3, -0.25) is 4.79 Å². The van der Waals surface area contributed by atoms with Crippen molar-refractivity contribution in [2.24, 2.45) is 0 Å². The molecule has 0 aromatic rings. The molecule has 0 aromatic carbocycles. The standard InChI is InChI=1S/C64H113NO13/c1-3-5-7-9-11-13-15-16-17-18-19-20-21-22-23-24-25-26-27-28-29-30-31-32-33-34-35-36-38-40-42-44-46-48-56(69)65-52(53(68)47-45-43-41-39-37-14-12-10-8-6-4-2)51-75-63-61(74)59(72)62(55(50-67)77-63)78-64-60(73)58(71)57(70)54(49-66)76-64/h5,7,11,13,16-17,19-20,22-23,45,47,52-55,57-64,66-68,70-74H,3-4,6,8-10,12,14-15,18,21,24-44,46,48-51H2,1-2H3,(H,65,69)/b7-5-,13-11-,17-16-,20-19-,23-22-,47-45+. The van der Waals surface area contributed by atoms with E-state index in [4.69, 9.17) is 18.9 Å². The van der Waals surface area contributed by atoms with Crippen molar-refractivity contribution in [1.29, 1.82) is 0 Å². The maximum Gasteiger partial charge on any atom is 0.220 e. The minimum Gasteiger partial charge on any atom is -0.394 e. The number of rotatable bonds is 49. The van der Waals surface area contributed by atoms with Gasteiger partial charge in [0.25, 0.3) is 0 Å². The van der Waals surface area contributed by atoms with E-state index in [0.717, 1.165) is 70.6 Å². The molecular weight excluding hydrogens is 991 g/mol. The Morgan fingerprint density at radius 3 is 1.36 bits per heavy atom. The van der Waals surface area contributed by atoms with Gasteiger partial charge < -0.3 is 65.1 Å². The maximum atomic E-state index is 13.2. The van der Waals surface area contributed by atoms with Crippen LogP contribution in [0.2, 0.25) is 0 Å². The Labute approximate surface area is 472 Å². The van der Waals surface area contributed by atoms with Crippen LogP contribution in [0.4, 0.5) is 0 Å². The number of aliphatic hydroxyl groups is 8. The molecule has 0 aromatic heterocycles. The van der Waals surface area contributed by atoms with E-state index in [0.29, 0.717) is 6.42 Å². The molecule has 0 aliphatic carbocycles. The molecule has 0 spiro atoms. The molecule has 0 radical (unpaired) electrons. The molecule has 14 nitrogen and oxygen atoms in total. The summed E-state index contributed by atoms with van der Waals surface area (Å²) in [6, 6.07) is -0.915. The van der Waals surface area contributed by atoms with Crippen molar-refractivity contribution in [3.05, 3.63) is 72.9 Å². The first-order valence-corrected chi connectivity index (χ1v) is 31.2. The molecule has 12 unspecified atom stereocenters. The monoisotopic (exact) mass is 1100 g/mol. The minimum absolute atomic E-state index is 0.241. The van der Waals surface area contributed by atoms with Crippen LogP contribution in [0.1, 0.15) is 232 Å². The lowest BCUT2D eigenvalue weighted by molar-refractivity contribution is -0.359. The van der Waals surface area contributed by atoms with E-state index in [1.165, 1.54) is 135 Å². The third-order valence-corrected chi connectivity index (χ3v) is 14.9. The number of amides is 1. The molecule has 2 saturated heterocycles. The number of carbonyl (C=O) groups excluding carboxylic acids is 1. The number of hydrogen-bond acceptors (Lipinski definition) is 13. The Balaban J connectivity index is 1.62. The molecular formula is C64H113NO13. The van der Waals surface area contributed by atoms with Crippen molar-refractivity contribution < 1.29 is 64.6 Å². The van der Waals surface area contributed by atoms with Gasteiger partial charge in [0.05, 0.1) is 32.0 Å². The first-order chi connectivity index (χ1) is 38.1. The van der Waals surface area contributed by atoms with Crippen LogP contribution in [0.3, 0.4) is 0 Å². The number of nitrogens with one attached hydrogen (secondary N) is 1. The molecule has 14 heteroatoms. The fraction of sp³-hybridized carbons (Fsp3) is 0.797. The quantitative estimate of drug-likeness (QED) is 0.0204. The molecule has 2 fully saturated rings. The fourth-order valence-corrected chi connectivity index (χ4v) is 9.91. The van der Waals surface area contributed by atoms with Crippen LogP contribution in [-0.4, -0.2) is 140 Å². The summed E-state index contributed by atoms with van der Waals surface area (Å²) in [7, 11) is 0. The number of unbranched alkanes of at least 4 members (excludes halogenated alkanes) is 26. The van der Waals surface area contributed by atoms with Gasteiger partial charge >= 0.3 is 0 Å². The van der Waals surface area contributed by atoms with Gasteiger partial charge in [-0.05, 0) is 64.2 Å². The molecule has 2 rings (SSSR count).